The summed E-state index contributed by atoms with van der Waals surface area (Å²) in [6, 6.07) is 1.79. The molecule has 86 valence electrons. The molecule has 0 fully saturated rings. The van der Waals surface area contributed by atoms with Gasteiger partial charge in [-0.2, -0.15) is 18.4 Å². The fraction of sp³-hybridized carbons (Fsp3) is 0.444. The van der Waals surface area contributed by atoms with E-state index in [2.05, 4.69) is 15.3 Å². The Kier molecular flexibility index (Phi) is 4.05. The molecular formula is C9H9F3N4. The van der Waals surface area contributed by atoms with Gasteiger partial charge in [0.1, 0.15) is 11.9 Å². The molecule has 0 spiro atoms. The van der Waals surface area contributed by atoms with E-state index in [4.69, 9.17) is 5.26 Å². The quantitative estimate of drug-likeness (QED) is 0.804. The number of nitriles is 1. The van der Waals surface area contributed by atoms with Crippen molar-refractivity contribution < 1.29 is 13.2 Å². The maximum absolute atomic E-state index is 11.8. The summed E-state index contributed by atoms with van der Waals surface area (Å²) in [7, 11) is 0. The molecule has 1 aromatic rings. The number of hydrogen-bond acceptors (Lipinski definition) is 4. The normalized spacial score (nSPS) is 10.9. The standard InChI is InChI=1S/C9H9F3N4/c10-9(11,12)2-1-3-14-8-6-15-7(4-13)5-16-8/h5-6H,1-3H2,(H,14,16). The van der Waals surface area contributed by atoms with Crippen molar-refractivity contribution in [3.63, 3.8) is 0 Å². The molecule has 1 heterocycles. The van der Waals surface area contributed by atoms with Crippen LogP contribution in [0.25, 0.3) is 0 Å². The first kappa shape index (κ1) is 12.2. The molecule has 0 aliphatic rings. The minimum absolute atomic E-state index is 0.0226. The predicted octanol–water partition coefficient (Wildman–Crippen LogP) is 2.10. The highest BCUT2D eigenvalue weighted by atomic mass is 19.4. The highest BCUT2D eigenvalue weighted by Gasteiger charge is 2.25. The van der Waals surface area contributed by atoms with E-state index < -0.39 is 12.6 Å². The molecule has 0 unspecified atom stereocenters. The topological polar surface area (TPSA) is 61.6 Å². The molecule has 0 saturated heterocycles. The third kappa shape index (κ3) is 4.59. The number of nitrogens with one attached hydrogen (secondary N) is 1. The van der Waals surface area contributed by atoms with Gasteiger partial charge in [-0.1, -0.05) is 0 Å². The zero-order chi connectivity index (χ0) is 12.0. The van der Waals surface area contributed by atoms with Crippen molar-refractivity contribution in [3.05, 3.63) is 18.1 Å². The van der Waals surface area contributed by atoms with Gasteiger partial charge in [0.2, 0.25) is 0 Å². The van der Waals surface area contributed by atoms with Gasteiger partial charge >= 0.3 is 6.18 Å². The summed E-state index contributed by atoms with van der Waals surface area (Å²) < 4.78 is 35.4. The van der Waals surface area contributed by atoms with Crippen LogP contribution in [0.2, 0.25) is 0 Å². The van der Waals surface area contributed by atoms with Crippen LogP contribution in [0.3, 0.4) is 0 Å². The molecule has 0 aliphatic heterocycles. The molecule has 0 aliphatic carbocycles. The summed E-state index contributed by atoms with van der Waals surface area (Å²) in [4.78, 5) is 7.52. The first-order valence-electron chi connectivity index (χ1n) is 4.54. The molecule has 0 aromatic carbocycles. The van der Waals surface area contributed by atoms with Crippen LogP contribution >= 0.6 is 0 Å². The molecule has 4 nitrogen and oxygen atoms in total. The van der Waals surface area contributed by atoms with Crippen molar-refractivity contribution >= 4 is 5.82 Å². The molecule has 16 heavy (non-hydrogen) atoms. The van der Waals surface area contributed by atoms with E-state index in [0.717, 1.165) is 0 Å². The number of anilines is 1. The van der Waals surface area contributed by atoms with Gasteiger partial charge in [-0.3, -0.25) is 0 Å². The van der Waals surface area contributed by atoms with Gasteiger partial charge < -0.3 is 5.32 Å². The third-order valence-corrected chi connectivity index (χ3v) is 1.71. The Morgan fingerprint density at radius 2 is 2.06 bits per heavy atom. The van der Waals surface area contributed by atoms with Crippen LogP contribution < -0.4 is 5.32 Å². The second-order valence-electron chi connectivity index (χ2n) is 3.04. The summed E-state index contributed by atoms with van der Waals surface area (Å²) in [6.45, 7) is 0.167. The van der Waals surface area contributed by atoms with Crippen LogP contribution in [-0.2, 0) is 0 Å². The molecule has 1 rings (SSSR count). The Labute approximate surface area is 90.1 Å². The minimum Gasteiger partial charge on any atom is -0.369 e. The van der Waals surface area contributed by atoms with Crippen molar-refractivity contribution in [2.45, 2.75) is 19.0 Å². The van der Waals surface area contributed by atoms with Gasteiger partial charge in [-0.25, -0.2) is 9.97 Å². The van der Waals surface area contributed by atoms with Crippen molar-refractivity contribution in [1.29, 1.82) is 5.26 Å². The molecule has 0 atom stereocenters. The number of alkyl halides is 3. The van der Waals surface area contributed by atoms with Crippen LogP contribution in [0, 0.1) is 11.3 Å². The molecule has 0 amide bonds. The lowest BCUT2D eigenvalue weighted by molar-refractivity contribution is -0.134. The van der Waals surface area contributed by atoms with Gasteiger partial charge in [0.25, 0.3) is 0 Å². The van der Waals surface area contributed by atoms with Crippen LogP contribution in [0.1, 0.15) is 18.5 Å². The first-order valence-corrected chi connectivity index (χ1v) is 4.54. The number of nitrogens with zero attached hydrogens (tertiary/aromatic N) is 3. The lowest BCUT2D eigenvalue weighted by Gasteiger charge is -2.07. The summed E-state index contributed by atoms with van der Waals surface area (Å²) in [5, 5.41) is 11.1. The molecule has 7 heteroatoms. The highest BCUT2D eigenvalue weighted by Crippen LogP contribution is 2.20. The van der Waals surface area contributed by atoms with E-state index in [1.54, 1.807) is 6.07 Å². The van der Waals surface area contributed by atoms with Crippen LogP contribution in [0.4, 0.5) is 19.0 Å². The zero-order valence-corrected chi connectivity index (χ0v) is 8.25. The van der Waals surface area contributed by atoms with E-state index in [1.807, 2.05) is 0 Å². The number of rotatable bonds is 4. The van der Waals surface area contributed by atoms with Gasteiger partial charge in [-0.05, 0) is 6.42 Å². The van der Waals surface area contributed by atoms with E-state index in [-0.39, 0.29) is 18.7 Å². The Morgan fingerprint density at radius 3 is 2.56 bits per heavy atom. The Morgan fingerprint density at radius 1 is 1.31 bits per heavy atom. The maximum Gasteiger partial charge on any atom is 0.389 e. The summed E-state index contributed by atoms with van der Waals surface area (Å²) in [6.07, 6.45) is -2.41. The van der Waals surface area contributed by atoms with Crippen molar-refractivity contribution in [1.82, 2.24) is 9.97 Å². The lowest BCUT2D eigenvalue weighted by Crippen LogP contribution is -2.11. The summed E-state index contributed by atoms with van der Waals surface area (Å²) in [5.74, 6) is 0.362. The molecule has 1 N–H and O–H groups in total. The first-order chi connectivity index (χ1) is 7.51. The monoisotopic (exact) mass is 230 g/mol. The number of hydrogen-bond donors (Lipinski definition) is 1. The third-order valence-electron chi connectivity index (χ3n) is 1.71. The largest absolute Gasteiger partial charge is 0.389 e. The average Bonchev–Trinajstić information content (AvgIpc) is 2.24. The predicted molar refractivity (Wildman–Crippen MR) is 50.5 cm³/mol. The van der Waals surface area contributed by atoms with Crippen LogP contribution in [0.15, 0.2) is 12.4 Å². The van der Waals surface area contributed by atoms with Crippen molar-refractivity contribution in [2.75, 3.05) is 11.9 Å². The number of halogens is 3. The average molecular weight is 230 g/mol. The van der Waals surface area contributed by atoms with E-state index >= 15 is 0 Å². The maximum atomic E-state index is 11.8. The van der Waals surface area contributed by atoms with Gasteiger partial charge in [0, 0.05) is 13.0 Å². The molecule has 0 radical (unpaired) electrons. The van der Waals surface area contributed by atoms with Crippen molar-refractivity contribution in [2.24, 2.45) is 0 Å². The second kappa shape index (κ2) is 5.30. The molecule has 1 aromatic heterocycles. The fourth-order valence-electron chi connectivity index (χ4n) is 0.982. The Balaban J connectivity index is 2.30. The zero-order valence-electron chi connectivity index (χ0n) is 8.25. The van der Waals surface area contributed by atoms with E-state index in [0.29, 0.717) is 5.82 Å². The van der Waals surface area contributed by atoms with E-state index in [9.17, 15) is 13.2 Å². The fourth-order valence-corrected chi connectivity index (χ4v) is 0.982. The molecule has 0 bridgehead atoms. The summed E-state index contributed by atoms with van der Waals surface area (Å²) in [5.41, 5.74) is 0.167. The second-order valence-corrected chi connectivity index (χ2v) is 3.04. The van der Waals surface area contributed by atoms with Gasteiger partial charge in [-0.15, -0.1) is 0 Å². The highest BCUT2D eigenvalue weighted by molar-refractivity contribution is 5.32. The SMILES string of the molecule is N#Cc1cnc(NCCCC(F)(F)F)cn1. The van der Waals surface area contributed by atoms with Crippen molar-refractivity contribution in [3.8, 4) is 6.07 Å². The summed E-state index contributed by atoms with van der Waals surface area (Å²) >= 11 is 0. The van der Waals surface area contributed by atoms with Gasteiger partial charge in [0.15, 0.2) is 5.69 Å². The van der Waals surface area contributed by atoms with Gasteiger partial charge in [0.05, 0.1) is 12.4 Å². The minimum atomic E-state index is -4.13. The Bertz CT molecular complexity index is 366. The van der Waals surface area contributed by atoms with Crippen LogP contribution in [0.5, 0.6) is 0 Å². The van der Waals surface area contributed by atoms with E-state index in [1.165, 1.54) is 12.4 Å². The van der Waals surface area contributed by atoms with Crippen LogP contribution in [-0.4, -0.2) is 22.7 Å². The molecular weight excluding hydrogens is 221 g/mol. The lowest BCUT2D eigenvalue weighted by atomic mass is 10.3. The Hall–Kier alpha value is -1.84. The smallest absolute Gasteiger partial charge is 0.369 e. The molecule has 0 saturated carbocycles. The number of aromatic nitrogens is 2.